The summed E-state index contributed by atoms with van der Waals surface area (Å²) in [5, 5.41) is 0. The molecule has 1 amide bonds. The van der Waals surface area contributed by atoms with Gasteiger partial charge in [0, 0.05) is 38.6 Å². The number of amides is 1. The molecular weight excluding hydrogens is 349 g/mol. The van der Waals surface area contributed by atoms with Crippen molar-refractivity contribution in [3.63, 3.8) is 0 Å². The van der Waals surface area contributed by atoms with Gasteiger partial charge in [0.05, 0.1) is 6.20 Å². The Kier molecular flexibility index (Phi) is 7.91. The Morgan fingerprint density at radius 3 is 2.29 bits per heavy atom. The number of carbonyl (C=O) groups is 1. The van der Waals surface area contributed by atoms with Gasteiger partial charge in [0.2, 0.25) is 5.91 Å². The first kappa shape index (κ1) is 20.2. The molecule has 3 rings (SSSR count). The third-order valence-electron chi connectivity index (χ3n) is 3.89. The van der Waals surface area contributed by atoms with Gasteiger partial charge >= 0.3 is 0 Å². The number of aromatic nitrogens is 2. The third kappa shape index (κ3) is 4.56. The monoisotopic (exact) mass is 369 g/mol. The van der Waals surface area contributed by atoms with Crippen molar-refractivity contribution in [3.05, 3.63) is 54.5 Å². The van der Waals surface area contributed by atoms with Crippen molar-refractivity contribution in [1.29, 1.82) is 0 Å². The van der Waals surface area contributed by atoms with Crippen LogP contribution in [0.15, 0.2) is 48.9 Å². The molecule has 1 atom stereocenters. The lowest BCUT2D eigenvalue weighted by Crippen LogP contribution is -2.51. The lowest BCUT2D eigenvalue weighted by Gasteiger charge is -2.36. The third-order valence-corrected chi connectivity index (χ3v) is 3.89. The van der Waals surface area contributed by atoms with E-state index in [9.17, 15) is 4.79 Å². The zero-order chi connectivity index (χ0) is 15.4. The van der Waals surface area contributed by atoms with E-state index in [1.165, 1.54) is 0 Å². The van der Waals surface area contributed by atoms with Crippen LogP contribution >= 0.6 is 24.8 Å². The van der Waals surface area contributed by atoms with Gasteiger partial charge in [-0.1, -0.05) is 30.3 Å². The van der Waals surface area contributed by atoms with Crippen molar-refractivity contribution in [2.24, 2.45) is 5.73 Å². The maximum absolute atomic E-state index is 12.5. The zero-order valence-electron chi connectivity index (χ0n) is 13.1. The molecule has 1 saturated heterocycles. The molecule has 130 valence electrons. The van der Waals surface area contributed by atoms with Crippen LogP contribution in [0, 0.1) is 0 Å². The van der Waals surface area contributed by atoms with Crippen LogP contribution in [0.2, 0.25) is 0 Å². The second-order valence-corrected chi connectivity index (χ2v) is 5.26. The Morgan fingerprint density at radius 1 is 1.04 bits per heavy atom. The van der Waals surface area contributed by atoms with Crippen LogP contribution in [-0.2, 0) is 4.79 Å². The Labute approximate surface area is 153 Å². The molecule has 0 saturated carbocycles. The van der Waals surface area contributed by atoms with Crippen LogP contribution in [0.25, 0.3) is 0 Å². The fourth-order valence-electron chi connectivity index (χ4n) is 2.61. The number of halogens is 2. The summed E-state index contributed by atoms with van der Waals surface area (Å²) in [7, 11) is 0. The maximum Gasteiger partial charge on any atom is 0.244 e. The van der Waals surface area contributed by atoms with Gasteiger partial charge in [0.25, 0.3) is 0 Å². The summed E-state index contributed by atoms with van der Waals surface area (Å²) < 4.78 is 0. The second-order valence-electron chi connectivity index (χ2n) is 5.26. The maximum atomic E-state index is 12.5. The molecule has 2 aromatic rings. The molecule has 1 aromatic carbocycles. The first-order chi connectivity index (χ1) is 10.8. The average molecular weight is 370 g/mol. The van der Waals surface area contributed by atoms with Gasteiger partial charge in [-0.05, 0) is 5.56 Å². The fourth-order valence-corrected chi connectivity index (χ4v) is 2.61. The van der Waals surface area contributed by atoms with Crippen molar-refractivity contribution in [1.82, 2.24) is 14.9 Å². The summed E-state index contributed by atoms with van der Waals surface area (Å²) in [5.74, 6) is 0.826. The minimum absolute atomic E-state index is 0. The van der Waals surface area contributed by atoms with Crippen LogP contribution in [0.3, 0.4) is 0 Å². The van der Waals surface area contributed by atoms with Crippen LogP contribution in [0.5, 0.6) is 0 Å². The molecule has 0 radical (unpaired) electrons. The molecule has 6 nitrogen and oxygen atoms in total. The molecule has 1 fully saturated rings. The fraction of sp³-hybridized carbons (Fsp3) is 0.312. The van der Waals surface area contributed by atoms with Gasteiger partial charge < -0.3 is 15.5 Å². The molecule has 0 spiro atoms. The number of nitrogens with two attached hydrogens (primary N) is 1. The van der Waals surface area contributed by atoms with Crippen LogP contribution in [0.1, 0.15) is 11.6 Å². The summed E-state index contributed by atoms with van der Waals surface area (Å²) in [6.45, 7) is 2.78. The predicted octanol–water partition coefficient (Wildman–Crippen LogP) is 1.67. The SMILES string of the molecule is Cl.Cl.NC(C(=O)N1CCN(c2cnccn2)CC1)c1ccccc1. The lowest BCUT2D eigenvalue weighted by molar-refractivity contribution is -0.133. The first-order valence-corrected chi connectivity index (χ1v) is 7.36. The molecule has 24 heavy (non-hydrogen) atoms. The molecule has 0 bridgehead atoms. The van der Waals surface area contributed by atoms with E-state index >= 15 is 0 Å². The summed E-state index contributed by atoms with van der Waals surface area (Å²) in [6, 6.07) is 8.89. The highest BCUT2D eigenvalue weighted by molar-refractivity contribution is 5.85. The van der Waals surface area contributed by atoms with E-state index in [4.69, 9.17) is 5.73 Å². The Balaban J connectivity index is 0.00000144. The minimum Gasteiger partial charge on any atom is -0.352 e. The van der Waals surface area contributed by atoms with E-state index in [1.54, 1.807) is 18.6 Å². The summed E-state index contributed by atoms with van der Waals surface area (Å²) in [4.78, 5) is 24.8. The molecule has 1 aliphatic rings. The molecule has 0 aliphatic carbocycles. The quantitative estimate of drug-likeness (QED) is 0.890. The number of nitrogens with zero attached hydrogens (tertiary/aromatic N) is 4. The molecule has 1 aliphatic heterocycles. The van der Waals surface area contributed by atoms with E-state index in [2.05, 4.69) is 14.9 Å². The highest BCUT2D eigenvalue weighted by atomic mass is 35.5. The van der Waals surface area contributed by atoms with Crippen LogP contribution in [0.4, 0.5) is 5.82 Å². The van der Waals surface area contributed by atoms with Crippen molar-refractivity contribution in [3.8, 4) is 0 Å². The molecular formula is C16H21Cl2N5O. The van der Waals surface area contributed by atoms with Crippen molar-refractivity contribution in [2.45, 2.75) is 6.04 Å². The first-order valence-electron chi connectivity index (χ1n) is 7.36. The highest BCUT2D eigenvalue weighted by Crippen LogP contribution is 2.16. The van der Waals surface area contributed by atoms with Gasteiger partial charge in [-0.2, -0.15) is 0 Å². The van der Waals surface area contributed by atoms with Crippen molar-refractivity contribution >= 4 is 36.5 Å². The number of carbonyl (C=O) groups excluding carboxylic acids is 1. The van der Waals surface area contributed by atoms with Gasteiger partial charge in [0.15, 0.2) is 0 Å². The lowest BCUT2D eigenvalue weighted by atomic mass is 10.1. The Bertz CT molecular complexity index is 621. The number of hydrogen-bond acceptors (Lipinski definition) is 5. The number of benzene rings is 1. The highest BCUT2D eigenvalue weighted by Gasteiger charge is 2.26. The van der Waals surface area contributed by atoms with Crippen molar-refractivity contribution in [2.75, 3.05) is 31.1 Å². The number of anilines is 1. The van der Waals surface area contributed by atoms with E-state index in [0.29, 0.717) is 13.1 Å². The standard InChI is InChI=1S/C16H19N5O.2ClH/c17-15(13-4-2-1-3-5-13)16(22)21-10-8-20(9-11-21)14-12-18-6-7-19-14;;/h1-7,12,15H,8-11,17H2;2*1H. The Morgan fingerprint density at radius 2 is 1.71 bits per heavy atom. The van der Waals surface area contributed by atoms with Gasteiger partial charge in [-0.3, -0.25) is 9.78 Å². The molecule has 8 heteroatoms. The summed E-state index contributed by atoms with van der Waals surface area (Å²) >= 11 is 0. The van der Waals surface area contributed by atoms with E-state index in [1.807, 2.05) is 35.2 Å². The number of rotatable bonds is 3. The van der Waals surface area contributed by atoms with Gasteiger partial charge in [-0.25, -0.2) is 4.98 Å². The molecule has 2 heterocycles. The number of piperazine rings is 1. The zero-order valence-corrected chi connectivity index (χ0v) is 14.7. The second kappa shape index (κ2) is 9.42. The average Bonchev–Trinajstić information content (AvgIpc) is 2.62. The van der Waals surface area contributed by atoms with Crippen LogP contribution < -0.4 is 10.6 Å². The smallest absolute Gasteiger partial charge is 0.244 e. The topological polar surface area (TPSA) is 75.4 Å². The van der Waals surface area contributed by atoms with Crippen LogP contribution in [-0.4, -0.2) is 47.0 Å². The van der Waals surface area contributed by atoms with Gasteiger partial charge in [0.1, 0.15) is 11.9 Å². The largest absolute Gasteiger partial charge is 0.352 e. The minimum atomic E-state index is -0.593. The summed E-state index contributed by atoms with van der Waals surface area (Å²) in [5.41, 5.74) is 6.94. The van der Waals surface area contributed by atoms with Crippen molar-refractivity contribution < 1.29 is 4.79 Å². The molecule has 2 N–H and O–H groups in total. The van der Waals surface area contributed by atoms with Gasteiger partial charge in [-0.15, -0.1) is 24.8 Å². The molecule has 1 unspecified atom stereocenters. The van der Waals surface area contributed by atoms with E-state index in [0.717, 1.165) is 24.5 Å². The number of hydrogen-bond donors (Lipinski definition) is 1. The Hall–Kier alpha value is -1.89. The van der Waals surface area contributed by atoms with E-state index in [-0.39, 0.29) is 30.7 Å². The predicted molar refractivity (Wildman–Crippen MR) is 98.7 cm³/mol. The molecule has 1 aromatic heterocycles. The normalized spacial score (nSPS) is 15.0. The van der Waals surface area contributed by atoms with E-state index < -0.39 is 6.04 Å². The summed E-state index contributed by atoms with van der Waals surface area (Å²) in [6.07, 6.45) is 5.08.